The van der Waals surface area contributed by atoms with Crippen LogP contribution in [0.3, 0.4) is 0 Å². The number of aliphatic hydroxyl groups is 1. The monoisotopic (exact) mass is 611 g/mol. The van der Waals surface area contributed by atoms with Crippen molar-refractivity contribution < 1.29 is 28.9 Å². The van der Waals surface area contributed by atoms with Gasteiger partial charge < -0.3 is 30.0 Å². The van der Waals surface area contributed by atoms with E-state index in [0.29, 0.717) is 18.7 Å². The van der Waals surface area contributed by atoms with Crippen molar-refractivity contribution in [2.45, 2.75) is 51.4 Å². The van der Waals surface area contributed by atoms with Crippen molar-refractivity contribution >= 4 is 28.5 Å². The molecule has 9 nitrogen and oxygen atoms in total. The molecule has 0 aliphatic carbocycles. The summed E-state index contributed by atoms with van der Waals surface area (Å²) in [6.45, 7) is 4.59. The van der Waals surface area contributed by atoms with Gasteiger partial charge in [0.25, 0.3) is 0 Å². The zero-order valence-corrected chi connectivity index (χ0v) is 25.9. The average molecular weight is 612 g/mol. The minimum Gasteiger partial charge on any atom is -0.465 e. The number of nitrogens with zero attached hydrogens (tertiary/aromatic N) is 1. The van der Waals surface area contributed by atoms with E-state index in [1.54, 1.807) is 13.0 Å². The van der Waals surface area contributed by atoms with E-state index >= 15 is 0 Å². The number of carbonyl (C=O) groups excluding carboxylic acids is 2. The van der Waals surface area contributed by atoms with Crippen LogP contribution in [0.4, 0.5) is 10.5 Å². The molecule has 1 aliphatic heterocycles. The predicted octanol–water partition coefficient (Wildman–Crippen LogP) is 6.26. The molecule has 1 saturated heterocycles. The fourth-order valence-electron chi connectivity index (χ4n) is 5.54. The van der Waals surface area contributed by atoms with Crippen LogP contribution in [0.15, 0.2) is 91.0 Å². The predicted molar refractivity (Wildman–Crippen MR) is 174 cm³/mol. The van der Waals surface area contributed by atoms with E-state index in [2.05, 4.69) is 72.0 Å². The smallest absolute Gasteiger partial charge is 0.325 e. The van der Waals surface area contributed by atoms with Gasteiger partial charge in [0, 0.05) is 30.3 Å². The maximum absolute atomic E-state index is 12.4. The molecular formula is C36H41N3O6. The lowest BCUT2D eigenvalue weighted by Crippen LogP contribution is -2.38. The first-order chi connectivity index (χ1) is 21.8. The van der Waals surface area contributed by atoms with Crippen LogP contribution < -0.4 is 10.6 Å². The number of ether oxygens (including phenoxy) is 3. The number of aliphatic hydroxyl groups excluding tert-OH is 1. The summed E-state index contributed by atoms with van der Waals surface area (Å²) < 4.78 is 17.9. The van der Waals surface area contributed by atoms with Crippen LogP contribution in [0.25, 0.3) is 10.8 Å². The Morgan fingerprint density at radius 1 is 0.956 bits per heavy atom. The molecule has 3 N–H and O–H groups in total. The highest BCUT2D eigenvalue weighted by atomic mass is 16.7. The zero-order valence-electron chi connectivity index (χ0n) is 25.9. The first-order valence-electron chi connectivity index (χ1n) is 15.3. The third kappa shape index (κ3) is 8.46. The molecule has 0 radical (unpaired) electrons. The number of nitrogens with one attached hydrogen (secondary N) is 2. The van der Waals surface area contributed by atoms with Gasteiger partial charge in [0.15, 0.2) is 6.29 Å². The van der Waals surface area contributed by atoms with E-state index in [4.69, 9.17) is 14.2 Å². The maximum atomic E-state index is 12.4. The van der Waals surface area contributed by atoms with Crippen molar-refractivity contribution in [1.82, 2.24) is 10.2 Å². The number of rotatable bonds is 11. The summed E-state index contributed by atoms with van der Waals surface area (Å²) >= 11 is 0. The number of fused-ring (bicyclic) bond motifs is 1. The molecule has 0 aromatic heterocycles. The average Bonchev–Trinajstić information content (AvgIpc) is 3.07. The van der Waals surface area contributed by atoms with Crippen LogP contribution in [-0.4, -0.2) is 54.9 Å². The first-order valence-corrected chi connectivity index (χ1v) is 15.3. The van der Waals surface area contributed by atoms with Crippen LogP contribution in [-0.2, 0) is 25.6 Å². The molecule has 0 unspecified atom stereocenters. The Kier molecular flexibility index (Phi) is 10.8. The molecule has 0 bridgehead atoms. The highest BCUT2D eigenvalue weighted by Crippen LogP contribution is 2.39. The normalized spacial score (nSPS) is 18.8. The quantitative estimate of drug-likeness (QED) is 0.172. The standard InChI is InChI=1S/C36H41N3O6/c1-4-43-34(41)21-37-36(42)38-31-11-7-10-30(19-31)35-44-32(20-33(45-35)27-14-12-25(23-40)13-15-27)22-39(3)24(2)28-17-16-26-8-5-6-9-29(26)18-28/h5-19,24,32-33,35,40H,4,20-23H2,1-3H3,(H2,37,38,42)/t24-,32-,33+,35+/m1/s1. The molecule has 9 heteroatoms. The third-order valence-electron chi connectivity index (χ3n) is 8.14. The lowest BCUT2D eigenvalue weighted by atomic mass is 9.98. The van der Waals surface area contributed by atoms with Crippen molar-refractivity contribution in [3.05, 3.63) is 113 Å². The maximum Gasteiger partial charge on any atom is 0.325 e. The van der Waals surface area contributed by atoms with Gasteiger partial charge >= 0.3 is 12.0 Å². The lowest BCUT2D eigenvalue weighted by Gasteiger charge is -2.39. The lowest BCUT2D eigenvalue weighted by molar-refractivity contribution is -0.253. The molecule has 1 aliphatic rings. The molecular weight excluding hydrogens is 570 g/mol. The highest BCUT2D eigenvalue weighted by Gasteiger charge is 2.33. The topological polar surface area (TPSA) is 109 Å². The third-order valence-corrected chi connectivity index (χ3v) is 8.14. The summed E-state index contributed by atoms with van der Waals surface area (Å²) in [4.78, 5) is 26.3. The van der Waals surface area contributed by atoms with Crippen molar-refractivity contribution in [2.24, 2.45) is 0 Å². The summed E-state index contributed by atoms with van der Waals surface area (Å²) in [5, 5.41) is 17.2. The summed E-state index contributed by atoms with van der Waals surface area (Å²) in [5.74, 6) is -0.505. The van der Waals surface area contributed by atoms with E-state index < -0.39 is 18.3 Å². The molecule has 4 aromatic carbocycles. The van der Waals surface area contributed by atoms with E-state index in [1.165, 1.54) is 16.3 Å². The van der Waals surface area contributed by atoms with E-state index in [0.717, 1.165) is 16.7 Å². The van der Waals surface area contributed by atoms with Gasteiger partial charge in [-0.15, -0.1) is 0 Å². The second kappa shape index (κ2) is 15.1. The van der Waals surface area contributed by atoms with Crippen LogP contribution in [0.2, 0.25) is 0 Å². The van der Waals surface area contributed by atoms with Gasteiger partial charge in [-0.3, -0.25) is 9.69 Å². The van der Waals surface area contributed by atoms with Crippen molar-refractivity contribution in [2.75, 3.05) is 32.1 Å². The minimum absolute atomic E-state index is 0.0230. The van der Waals surface area contributed by atoms with Crippen LogP contribution in [0.1, 0.15) is 61.0 Å². The Labute approximate surface area is 264 Å². The van der Waals surface area contributed by atoms with Gasteiger partial charge in [0.1, 0.15) is 6.54 Å². The molecule has 4 aromatic rings. The number of carbonyl (C=O) groups is 2. The molecule has 0 saturated carbocycles. The number of esters is 1. The van der Waals surface area contributed by atoms with Gasteiger partial charge in [0.05, 0.1) is 25.4 Å². The number of hydrogen-bond donors (Lipinski definition) is 3. The van der Waals surface area contributed by atoms with E-state index in [-0.39, 0.29) is 38.0 Å². The van der Waals surface area contributed by atoms with Gasteiger partial charge in [-0.2, -0.15) is 0 Å². The molecule has 2 amide bonds. The number of hydrogen-bond acceptors (Lipinski definition) is 7. The largest absolute Gasteiger partial charge is 0.465 e. The van der Waals surface area contributed by atoms with Gasteiger partial charge in [0.2, 0.25) is 0 Å². The van der Waals surface area contributed by atoms with Gasteiger partial charge in [-0.05, 0) is 66.6 Å². The number of anilines is 1. The Morgan fingerprint density at radius 2 is 1.73 bits per heavy atom. The molecule has 4 atom stereocenters. The van der Waals surface area contributed by atoms with Gasteiger partial charge in [-0.25, -0.2) is 4.79 Å². The number of urea groups is 1. The SMILES string of the molecule is CCOC(=O)CNC(=O)Nc1cccc([C@H]2O[C@@H](CN(C)[C@H](C)c3ccc4ccccc4c3)C[C@@H](c3ccc(CO)cc3)O2)c1. The minimum atomic E-state index is -0.681. The zero-order chi connectivity index (χ0) is 31.8. The van der Waals surface area contributed by atoms with Crippen LogP contribution in [0.5, 0.6) is 0 Å². The van der Waals surface area contributed by atoms with Crippen molar-refractivity contribution in [3.8, 4) is 0 Å². The Morgan fingerprint density at radius 3 is 2.49 bits per heavy atom. The summed E-state index contributed by atoms with van der Waals surface area (Å²) in [5.41, 5.74) is 4.36. The number of amides is 2. The molecule has 5 rings (SSSR count). The second-order valence-electron chi connectivity index (χ2n) is 11.3. The fraction of sp³-hybridized carbons (Fsp3) is 0.333. The second-order valence-corrected chi connectivity index (χ2v) is 11.3. The molecule has 45 heavy (non-hydrogen) atoms. The Bertz CT molecular complexity index is 1590. The van der Waals surface area contributed by atoms with Crippen molar-refractivity contribution in [3.63, 3.8) is 0 Å². The summed E-state index contributed by atoms with van der Waals surface area (Å²) in [7, 11) is 2.11. The molecule has 1 fully saturated rings. The van der Waals surface area contributed by atoms with Crippen molar-refractivity contribution in [1.29, 1.82) is 0 Å². The van der Waals surface area contributed by atoms with Crippen LogP contribution >= 0.6 is 0 Å². The Balaban J connectivity index is 1.32. The van der Waals surface area contributed by atoms with E-state index in [9.17, 15) is 14.7 Å². The van der Waals surface area contributed by atoms with Crippen LogP contribution in [0, 0.1) is 0 Å². The first kappa shape index (κ1) is 32.1. The molecule has 236 valence electrons. The fourth-order valence-corrected chi connectivity index (χ4v) is 5.54. The Hall–Kier alpha value is -4.28. The number of likely N-dealkylation sites (N-methyl/N-ethyl adjacent to an activating group) is 1. The molecule has 0 spiro atoms. The van der Waals surface area contributed by atoms with Gasteiger partial charge in [-0.1, -0.05) is 72.8 Å². The highest BCUT2D eigenvalue weighted by molar-refractivity contribution is 5.91. The number of benzene rings is 4. The molecule has 1 heterocycles. The van der Waals surface area contributed by atoms with E-state index in [1.807, 2.05) is 42.5 Å². The summed E-state index contributed by atoms with van der Waals surface area (Å²) in [6.07, 6.45) is -0.420. The summed E-state index contributed by atoms with van der Waals surface area (Å²) in [6, 6.07) is 29.7.